The molecule has 172 valence electrons. The van der Waals surface area contributed by atoms with E-state index in [9.17, 15) is 9.59 Å². The minimum atomic E-state index is -0.203. The van der Waals surface area contributed by atoms with Crippen molar-refractivity contribution < 1.29 is 4.79 Å². The predicted octanol–water partition coefficient (Wildman–Crippen LogP) is 3.74. The standard InChI is InChI=1S/C25H29N5O2S/c1-4-22(31)30-21(17-5-7-18(8-6-17)29-12-10-28(3)11-13-29)15-20(27-30)23-16(2)19-9-14-33-25(19)26-24(23)32/h5-9,14,21H,4,10-13,15H2,1-3H3,(H,26,32). The van der Waals surface area contributed by atoms with Gasteiger partial charge in [0.15, 0.2) is 0 Å². The zero-order chi connectivity index (χ0) is 23.1. The molecule has 1 saturated heterocycles. The molecule has 0 aliphatic carbocycles. The van der Waals surface area contributed by atoms with Crippen LogP contribution < -0.4 is 10.5 Å². The van der Waals surface area contributed by atoms with Gasteiger partial charge in [-0.25, -0.2) is 5.01 Å². The summed E-state index contributed by atoms with van der Waals surface area (Å²) in [5, 5.41) is 9.28. The number of aryl methyl sites for hydroxylation is 1. The van der Waals surface area contributed by atoms with Gasteiger partial charge in [0.2, 0.25) is 5.91 Å². The Labute approximate surface area is 197 Å². The average Bonchev–Trinajstić information content (AvgIpc) is 3.47. The summed E-state index contributed by atoms with van der Waals surface area (Å²) in [5.74, 6) is -0.0381. The Morgan fingerprint density at radius 1 is 1.15 bits per heavy atom. The molecule has 1 atom stereocenters. The number of likely N-dealkylation sites (N-methyl/N-ethyl adjacent to an activating group) is 1. The van der Waals surface area contributed by atoms with E-state index in [1.54, 1.807) is 5.01 Å². The Morgan fingerprint density at radius 2 is 1.88 bits per heavy atom. The van der Waals surface area contributed by atoms with E-state index in [1.165, 1.54) is 17.0 Å². The molecule has 0 spiro atoms. The number of carbonyl (C=O) groups excluding carboxylic acids is 1. The van der Waals surface area contributed by atoms with Crippen LogP contribution in [0.5, 0.6) is 0 Å². The molecule has 0 bridgehead atoms. The van der Waals surface area contributed by atoms with Crippen LogP contribution in [0.4, 0.5) is 5.69 Å². The van der Waals surface area contributed by atoms with Crippen LogP contribution >= 0.6 is 11.3 Å². The molecule has 0 radical (unpaired) electrons. The number of rotatable bonds is 4. The Kier molecular flexibility index (Phi) is 5.80. The molecule has 1 unspecified atom stereocenters. The number of carbonyl (C=O) groups is 1. The summed E-state index contributed by atoms with van der Waals surface area (Å²) in [7, 11) is 2.15. The zero-order valence-corrected chi connectivity index (χ0v) is 20.1. The van der Waals surface area contributed by atoms with Crippen LogP contribution in [0.15, 0.2) is 45.6 Å². The van der Waals surface area contributed by atoms with Gasteiger partial charge in [0, 0.05) is 50.1 Å². The number of benzene rings is 1. The maximum Gasteiger partial charge on any atom is 0.258 e. The molecule has 7 nitrogen and oxygen atoms in total. The first-order valence-corrected chi connectivity index (χ1v) is 12.4. The summed E-state index contributed by atoms with van der Waals surface area (Å²) >= 11 is 1.52. The molecule has 5 rings (SSSR count). The van der Waals surface area contributed by atoms with E-state index in [2.05, 4.69) is 51.2 Å². The number of thiophene rings is 1. The summed E-state index contributed by atoms with van der Waals surface area (Å²) < 4.78 is 0. The fourth-order valence-electron chi connectivity index (χ4n) is 4.80. The highest BCUT2D eigenvalue weighted by molar-refractivity contribution is 7.16. The lowest BCUT2D eigenvalue weighted by Gasteiger charge is -2.34. The Bertz CT molecular complexity index is 1270. The van der Waals surface area contributed by atoms with Crippen LogP contribution in [0.3, 0.4) is 0 Å². The number of H-pyrrole nitrogens is 1. The number of hydrogen-bond donors (Lipinski definition) is 1. The molecule has 0 saturated carbocycles. The summed E-state index contributed by atoms with van der Waals surface area (Å²) in [5.41, 5.74) is 4.29. The van der Waals surface area contributed by atoms with Crippen molar-refractivity contribution in [3.8, 4) is 0 Å². The van der Waals surface area contributed by atoms with Gasteiger partial charge in [-0.05, 0) is 48.7 Å². The Morgan fingerprint density at radius 3 is 2.58 bits per heavy atom. The summed E-state index contributed by atoms with van der Waals surface area (Å²) in [4.78, 5) is 34.3. The zero-order valence-electron chi connectivity index (χ0n) is 19.3. The van der Waals surface area contributed by atoms with Crippen LogP contribution in [-0.2, 0) is 4.79 Å². The Hall–Kier alpha value is -2.97. The molecular weight excluding hydrogens is 434 g/mol. The van der Waals surface area contributed by atoms with Gasteiger partial charge in [-0.1, -0.05) is 19.1 Å². The number of anilines is 1. The molecule has 1 amide bonds. The topological polar surface area (TPSA) is 72.0 Å². The molecule has 3 aromatic rings. The minimum Gasteiger partial charge on any atom is -0.369 e. The first-order chi connectivity index (χ1) is 16.0. The first-order valence-electron chi connectivity index (χ1n) is 11.5. The number of nitrogens with one attached hydrogen (secondary N) is 1. The molecule has 8 heteroatoms. The molecule has 2 aliphatic rings. The highest BCUT2D eigenvalue weighted by Gasteiger charge is 2.34. The van der Waals surface area contributed by atoms with Crippen molar-refractivity contribution in [2.24, 2.45) is 5.10 Å². The number of hydrazone groups is 1. The lowest BCUT2D eigenvalue weighted by Crippen LogP contribution is -2.44. The second kappa shape index (κ2) is 8.76. The van der Waals surface area contributed by atoms with Crippen LogP contribution in [0.1, 0.15) is 42.5 Å². The first kappa shape index (κ1) is 21.9. The normalized spacial score (nSPS) is 19.4. The molecule has 1 aromatic carbocycles. The van der Waals surface area contributed by atoms with Gasteiger partial charge < -0.3 is 14.8 Å². The number of fused-ring (bicyclic) bond motifs is 1. The quantitative estimate of drug-likeness (QED) is 0.640. The SMILES string of the molecule is CCC(=O)N1N=C(c2c(C)c3ccsc3[nH]c2=O)CC1c1ccc(N2CCN(C)CC2)cc1. The lowest BCUT2D eigenvalue weighted by atomic mass is 9.96. The lowest BCUT2D eigenvalue weighted by molar-refractivity contribution is -0.132. The van der Waals surface area contributed by atoms with Crippen molar-refractivity contribution in [3.63, 3.8) is 0 Å². The maximum atomic E-state index is 12.9. The monoisotopic (exact) mass is 463 g/mol. The third-order valence-corrected chi connectivity index (χ3v) is 7.63. The van der Waals surface area contributed by atoms with Crippen molar-refractivity contribution in [2.45, 2.75) is 32.7 Å². The number of aromatic amines is 1. The van der Waals surface area contributed by atoms with Gasteiger partial charge in [-0.2, -0.15) is 5.10 Å². The van der Waals surface area contributed by atoms with Crippen LogP contribution in [0.25, 0.3) is 10.2 Å². The number of piperazine rings is 1. The molecule has 2 aliphatic heterocycles. The molecule has 33 heavy (non-hydrogen) atoms. The third kappa shape index (κ3) is 3.98. The van der Waals surface area contributed by atoms with Crippen molar-refractivity contribution >= 4 is 38.9 Å². The van der Waals surface area contributed by atoms with E-state index >= 15 is 0 Å². The van der Waals surface area contributed by atoms with Crippen molar-refractivity contribution in [3.05, 3.63) is 62.8 Å². The van der Waals surface area contributed by atoms with E-state index in [-0.39, 0.29) is 17.5 Å². The van der Waals surface area contributed by atoms with Gasteiger partial charge in [-0.15, -0.1) is 11.3 Å². The highest BCUT2D eigenvalue weighted by Crippen LogP contribution is 2.35. The fraction of sp³-hybridized carbons (Fsp3) is 0.400. The number of aromatic nitrogens is 1. The maximum absolute atomic E-state index is 12.9. The van der Waals surface area contributed by atoms with Crippen molar-refractivity contribution in [1.29, 1.82) is 0 Å². The number of nitrogens with zero attached hydrogens (tertiary/aromatic N) is 4. The molecule has 2 aromatic heterocycles. The molecule has 1 fully saturated rings. The van der Waals surface area contributed by atoms with Crippen molar-refractivity contribution in [2.75, 3.05) is 38.1 Å². The number of pyridine rings is 1. The van der Waals surface area contributed by atoms with Crippen molar-refractivity contribution in [1.82, 2.24) is 14.9 Å². The van der Waals surface area contributed by atoms with E-state index < -0.39 is 0 Å². The van der Waals surface area contributed by atoms with Crippen LogP contribution in [-0.4, -0.2) is 59.7 Å². The van der Waals surface area contributed by atoms with E-state index in [0.29, 0.717) is 24.1 Å². The van der Waals surface area contributed by atoms with Gasteiger partial charge in [0.05, 0.1) is 17.3 Å². The van der Waals surface area contributed by atoms with Gasteiger partial charge >= 0.3 is 0 Å². The van der Waals surface area contributed by atoms with E-state index in [0.717, 1.165) is 47.5 Å². The predicted molar refractivity (Wildman–Crippen MR) is 134 cm³/mol. The largest absolute Gasteiger partial charge is 0.369 e. The summed E-state index contributed by atoms with van der Waals surface area (Å²) in [6.45, 7) is 7.96. The smallest absolute Gasteiger partial charge is 0.258 e. The second-order valence-electron chi connectivity index (χ2n) is 8.86. The average molecular weight is 464 g/mol. The number of hydrogen-bond acceptors (Lipinski definition) is 6. The van der Waals surface area contributed by atoms with Gasteiger partial charge in [0.25, 0.3) is 5.56 Å². The number of amides is 1. The second-order valence-corrected chi connectivity index (χ2v) is 9.77. The minimum absolute atomic E-state index is 0.0381. The summed E-state index contributed by atoms with van der Waals surface area (Å²) in [6, 6.07) is 10.3. The van der Waals surface area contributed by atoms with E-state index in [4.69, 9.17) is 0 Å². The molecule has 1 N–H and O–H groups in total. The molecule has 4 heterocycles. The van der Waals surface area contributed by atoms with Gasteiger partial charge in [0.1, 0.15) is 4.83 Å². The Balaban J connectivity index is 1.46. The van der Waals surface area contributed by atoms with Crippen LogP contribution in [0.2, 0.25) is 0 Å². The fourth-order valence-corrected chi connectivity index (χ4v) is 5.64. The van der Waals surface area contributed by atoms with Gasteiger partial charge in [-0.3, -0.25) is 9.59 Å². The molecular formula is C25H29N5O2S. The van der Waals surface area contributed by atoms with Crippen LogP contribution in [0, 0.1) is 6.92 Å². The summed E-state index contributed by atoms with van der Waals surface area (Å²) in [6.07, 6.45) is 0.894. The highest BCUT2D eigenvalue weighted by atomic mass is 32.1. The third-order valence-electron chi connectivity index (χ3n) is 6.80. The van der Waals surface area contributed by atoms with E-state index in [1.807, 2.05) is 25.3 Å².